The molecule has 8 saturated heterocycles. The van der Waals surface area contributed by atoms with Gasteiger partial charge in [-0.25, -0.2) is 0 Å². The fourth-order valence-electron chi connectivity index (χ4n) is 13.3. The van der Waals surface area contributed by atoms with Gasteiger partial charge in [0.2, 0.25) is 29.5 Å². The van der Waals surface area contributed by atoms with Gasteiger partial charge in [-0.05, 0) is 0 Å². The Morgan fingerprint density at radius 1 is 0.250 bits per heavy atom. The van der Waals surface area contributed by atoms with Crippen LogP contribution in [0.4, 0.5) is 0 Å². The van der Waals surface area contributed by atoms with Crippen LogP contribution in [0.2, 0.25) is 0 Å². The lowest BCUT2D eigenvalue weighted by atomic mass is 9.93. The molecule has 104 heavy (non-hydrogen) atoms. The van der Waals surface area contributed by atoms with Gasteiger partial charge in [0, 0.05) is 34.6 Å². The molecule has 0 aromatic carbocycles. The van der Waals surface area contributed by atoms with Crippen LogP contribution in [0.15, 0.2) is 0 Å². The average Bonchev–Trinajstić information content (AvgIpc) is 0.776. The van der Waals surface area contributed by atoms with E-state index in [4.69, 9.17) is 71.1 Å². The molecule has 46 nitrogen and oxygen atoms in total. The Hall–Kier alpha value is -4.09. The fraction of sp³-hybridized carbons (Fsp3) is 0.914. The second kappa shape index (κ2) is 37.5. The van der Waals surface area contributed by atoms with Gasteiger partial charge < -0.3 is 205 Å². The first-order valence-electron chi connectivity index (χ1n) is 33.1. The normalized spacial score (nSPS) is 47.2. The van der Waals surface area contributed by atoms with Crippen LogP contribution in [0.1, 0.15) is 34.6 Å². The van der Waals surface area contributed by atoms with Crippen molar-refractivity contribution in [1.29, 1.82) is 0 Å². The summed E-state index contributed by atoms with van der Waals surface area (Å²) in [7, 11) is 0. The smallest absolute Gasteiger partial charge is 0.217 e. The Kier molecular flexibility index (Phi) is 30.9. The van der Waals surface area contributed by atoms with E-state index in [9.17, 15) is 131 Å². The van der Waals surface area contributed by atoms with Crippen LogP contribution in [0, 0.1) is 0 Å². The summed E-state index contributed by atoms with van der Waals surface area (Å²) in [5.74, 6) is -4.13. The predicted molar refractivity (Wildman–Crippen MR) is 322 cm³/mol. The molecule has 26 N–H and O–H groups in total. The van der Waals surface area contributed by atoms with Crippen molar-refractivity contribution in [3.63, 3.8) is 0 Å². The molecule has 0 aromatic rings. The van der Waals surface area contributed by atoms with Gasteiger partial charge >= 0.3 is 0 Å². The maximum atomic E-state index is 12.9. The topological polar surface area (TPSA) is 709 Å². The third-order valence-corrected chi connectivity index (χ3v) is 18.6. The summed E-state index contributed by atoms with van der Waals surface area (Å²) in [5.41, 5.74) is 0. The Balaban J connectivity index is 1.14. The first-order chi connectivity index (χ1) is 49.1. The van der Waals surface area contributed by atoms with E-state index in [2.05, 4.69) is 26.6 Å². The monoisotopic (exact) mass is 1520 g/mol. The Morgan fingerprint density at radius 3 is 0.952 bits per heavy atom. The van der Waals surface area contributed by atoms with Crippen molar-refractivity contribution in [3.8, 4) is 0 Å². The maximum absolute atomic E-state index is 12.9. The number of carbonyl (C=O) groups excluding carboxylic acids is 5. The number of aliphatic hydroxyl groups is 21. The Bertz CT molecular complexity index is 2760. The SMILES string of the molecule is CC(=O)N[C@@H]1[C@@H](O)[C@H](O[C@@H]2O[C@H](CO)[C@@H](O[C@@H]3O[C@H](CO[C@H]4O[C@H](CO[C@@H]5O[C@H](CO)[C@@H](O)[C@H](O)[C@H]5NC(C)=O)[C@@H](O)[C@H](O)[C@@H]4O[C@@H]4O[C@H](CO)[C@@H](O)[C@H](O)[C@H]4NC(C)=O)[C@@H](O)[C@H](O[C@H]4O[C@H](CO)[C@@H](O[C@@H]5O[C@H](CO)[C@@H](O)[C@H](O)[C@H]5NC(C)=O)[C@H](O)[C@@H]4O)[C@@H]3O)[C@H](O)[C@H]2NC(C)=O)[C@@H](CO)O[C@H]1O. The van der Waals surface area contributed by atoms with E-state index >= 15 is 0 Å². The van der Waals surface area contributed by atoms with Gasteiger partial charge in [0.15, 0.2) is 50.3 Å². The number of amides is 5. The lowest BCUT2D eigenvalue weighted by molar-refractivity contribution is -0.392. The van der Waals surface area contributed by atoms with Crippen LogP contribution in [-0.2, 0) is 95.0 Å². The minimum atomic E-state index is -2.49. The van der Waals surface area contributed by atoms with Gasteiger partial charge in [0.25, 0.3) is 0 Å². The second-order valence-corrected chi connectivity index (χ2v) is 26.1. The van der Waals surface area contributed by atoms with Gasteiger partial charge in [-0.15, -0.1) is 0 Å². The van der Waals surface area contributed by atoms with Gasteiger partial charge in [-0.3, -0.25) is 24.0 Å². The molecular weight excluding hydrogens is 1420 g/mol. The number of aliphatic hydroxyl groups excluding tert-OH is 21. The van der Waals surface area contributed by atoms with Crippen LogP contribution in [0.5, 0.6) is 0 Å². The van der Waals surface area contributed by atoms with Crippen molar-refractivity contribution >= 4 is 29.5 Å². The van der Waals surface area contributed by atoms with Crippen molar-refractivity contribution < 1.29 is 202 Å². The standard InChI is InChI=1S/C58H97N5O41/c1-14(70)59-27-40(83)46(22(9-67)92-51(27)89)100-55-31(63-18(5)74)41(84)47(23(10-68)96-55)102-57-45(88)49(103-56-44(87)43(86)48(24(11-69)97-56)101-53-29(61-16(3)72)38(81)33(76)20(7-65)94-53)36(79)26(98-57)13-91-58-50(104-54-30(62-17(4)73)39(82)34(77)21(8-66)95-54)42(85)35(78)25(99-58)12-90-52-28(60-15(2)71)37(80)32(75)19(6-64)93-52/h19-58,64-69,75-89H,6-13H2,1-5H3,(H,59,70)(H,60,71)(H,61,72)(H,62,73)(H,63,74)/t19-,20-,21-,22-,23-,24-,25-,26-,27-,28-,29-,30-,31-,32-,33-,34-,35-,36-,37-,38-,39-,40-,41-,42+,43-,44+,45+,46-,47-,48-,49+,50+,51-,52-,53+,54+,55+,56-,57+,58+/m1/s1. The van der Waals surface area contributed by atoms with E-state index in [1.165, 1.54) is 0 Å². The van der Waals surface area contributed by atoms with Crippen molar-refractivity contribution in [2.45, 2.75) is 280 Å². The quantitative estimate of drug-likeness (QED) is 0.0363. The number of rotatable bonds is 27. The van der Waals surface area contributed by atoms with E-state index in [1.807, 2.05) is 0 Å². The van der Waals surface area contributed by atoms with Gasteiger partial charge in [-0.1, -0.05) is 0 Å². The summed E-state index contributed by atoms with van der Waals surface area (Å²) in [5, 5.41) is 245. The van der Waals surface area contributed by atoms with Crippen LogP contribution in [0.3, 0.4) is 0 Å². The highest BCUT2D eigenvalue weighted by Gasteiger charge is 2.60. The molecule has 0 aliphatic carbocycles. The zero-order chi connectivity index (χ0) is 76.8. The number of carbonyl (C=O) groups is 5. The largest absolute Gasteiger partial charge is 0.394 e. The molecule has 8 aliphatic rings. The molecule has 46 heteroatoms. The van der Waals surface area contributed by atoms with Crippen LogP contribution < -0.4 is 26.6 Å². The average molecular weight is 1520 g/mol. The van der Waals surface area contributed by atoms with E-state index in [0.29, 0.717) is 0 Å². The second-order valence-electron chi connectivity index (χ2n) is 26.1. The summed E-state index contributed by atoms with van der Waals surface area (Å²) in [6.07, 6.45) is -70.7. The molecule has 0 spiro atoms. The number of hydrogen-bond acceptors (Lipinski definition) is 41. The first-order valence-corrected chi connectivity index (χ1v) is 33.1. The van der Waals surface area contributed by atoms with Crippen molar-refractivity contribution in [2.75, 3.05) is 52.9 Å². The van der Waals surface area contributed by atoms with Crippen LogP contribution in [0.25, 0.3) is 0 Å². The van der Waals surface area contributed by atoms with Crippen molar-refractivity contribution in [2.24, 2.45) is 0 Å². The fourth-order valence-corrected chi connectivity index (χ4v) is 13.3. The molecule has 5 amide bonds. The van der Waals surface area contributed by atoms with E-state index in [1.54, 1.807) is 0 Å². The van der Waals surface area contributed by atoms with Crippen molar-refractivity contribution in [1.82, 2.24) is 26.6 Å². The highest BCUT2D eigenvalue weighted by Crippen LogP contribution is 2.38. The summed E-state index contributed by atoms with van der Waals surface area (Å²) in [4.78, 5) is 62.1. The molecule has 40 atom stereocenters. The molecule has 0 bridgehead atoms. The van der Waals surface area contributed by atoms with Gasteiger partial charge in [0.05, 0.1) is 52.9 Å². The summed E-state index contributed by atoms with van der Waals surface area (Å²) in [6, 6.07) is -8.53. The molecular formula is C58H97N5O41. The highest BCUT2D eigenvalue weighted by atomic mass is 16.8. The molecule has 0 unspecified atom stereocenters. The number of hydrogen-bond donors (Lipinski definition) is 26. The van der Waals surface area contributed by atoms with E-state index in [-0.39, 0.29) is 0 Å². The number of nitrogens with one attached hydrogen (secondary N) is 5. The van der Waals surface area contributed by atoms with Crippen molar-refractivity contribution in [3.05, 3.63) is 0 Å². The summed E-state index contributed by atoms with van der Waals surface area (Å²) in [6.45, 7) is -3.24. The molecule has 8 heterocycles. The predicted octanol–water partition coefficient (Wildman–Crippen LogP) is -17.7. The number of ether oxygens (including phenoxy) is 15. The third kappa shape index (κ3) is 19.4. The first kappa shape index (κ1) is 85.5. The molecule has 8 rings (SSSR count). The maximum Gasteiger partial charge on any atom is 0.217 e. The lowest BCUT2D eigenvalue weighted by Crippen LogP contribution is -2.70. The molecule has 8 aliphatic heterocycles. The third-order valence-electron chi connectivity index (χ3n) is 18.6. The summed E-state index contributed by atoms with van der Waals surface area (Å²) >= 11 is 0. The minimum absolute atomic E-state index is 0.771. The van der Waals surface area contributed by atoms with Crippen LogP contribution >= 0.6 is 0 Å². The molecule has 8 fully saturated rings. The zero-order valence-electron chi connectivity index (χ0n) is 56.3. The zero-order valence-corrected chi connectivity index (χ0v) is 56.3. The van der Waals surface area contributed by atoms with Crippen LogP contribution in [-0.4, -0.2) is 435 Å². The highest BCUT2D eigenvalue weighted by molar-refractivity contribution is 5.75. The minimum Gasteiger partial charge on any atom is -0.394 e. The van der Waals surface area contributed by atoms with E-state index < -0.39 is 328 Å². The lowest BCUT2D eigenvalue weighted by Gasteiger charge is -2.50. The van der Waals surface area contributed by atoms with Gasteiger partial charge in [0.1, 0.15) is 195 Å². The Labute approximate surface area is 589 Å². The Morgan fingerprint density at radius 2 is 0.519 bits per heavy atom. The van der Waals surface area contributed by atoms with E-state index in [0.717, 1.165) is 34.6 Å². The summed E-state index contributed by atoms with van der Waals surface area (Å²) < 4.78 is 88.8. The molecule has 0 radical (unpaired) electrons. The van der Waals surface area contributed by atoms with Gasteiger partial charge in [-0.2, -0.15) is 0 Å². The molecule has 0 saturated carbocycles. The molecule has 0 aromatic heterocycles. The molecule has 600 valence electrons.